The van der Waals surface area contributed by atoms with Gasteiger partial charge in [-0.15, -0.1) is 0 Å². The van der Waals surface area contributed by atoms with Crippen molar-refractivity contribution in [3.63, 3.8) is 0 Å². The lowest BCUT2D eigenvalue weighted by Crippen LogP contribution is -2.03. The maximum atomic E-state index is 12.1. The number of rotatable bonds is 8. The van der Waals surface area contributed by atoms with E-state index in [2.05, 4.69) is 6.92 Å². The molecule has 0 saturated carbocycles. The minimum atomic E-state index is -0.927. The topological polar surface area (TPSA) is 38.7 Å². The molecule has 5 heteroatoms. The number of alkyl halides is 2. The van der Waals surface area contributed by atoms with Crippen LogP contribution in [0.25, 0.3) is 0 Å². The summed E-state index contributed by atoms with van der Waals surface area (Å²) in [5, 5.41) is 10.1. The van der Waals surface area contributed by atoms with Crippen LogP contribution in [0.1, 0.15) is 30.4 Å². The fourth-order valence-corrected chi connectivity index (χ4v) is 2.53. The van der Waals surface area contributed by atoms with E-state index in [0.717, 1.165) is 17.5 Å². The van der Waals surface area contributed by atoms with E-state index in [4.69, 9.17) is 9.47 Å². The van der Waals surface area contributed by atoms with E-state index >= 15 is 0 Å². The highest BCUT2D eigenvalue weighted by Crippen LogP contribution is 2.31. The highest BCUT2D eigenvalue weighted by molar-refractivity contribution is 5.41. The minimum absolute atomic E-state index is 0.0896. The standard InChI is InChI=1S/C18H20F2O3/c1-2-13(14-3-6-16(7-4-14)22-11-19)9-15-5-8-17(23-12-20)10-18(15)21/h3-8,10,13,21H,2,9,11-12H2,1H3. The SMILES string of the molecule is CCC(Cc1ccc(OCF)cc1O)c1ccc(OCF)cc1. The summed E-state index contributed by atoms with van der Waals surface area (Å²) < 4.78 is 33.8. The van der Waals surface area contributed by atoms with Crippen LogP contribution in [0.15, 0.2) is 42.5 Å². The molecule has 3 nitrogen and oxygen atoms in total. The van der Waals surface area contributed by atoms with Crippen molar-refractivity contribution in [2.24, 2.45) is 0 Å². The predicted octanol–water partition coefficient (Wildman–Crippen LogP) is 4.74. The van der Waals surface area contributed by atoms with Gasteiger partial charge in [0.15, 0.2) is 0 Å². The zero-order valence-corrected chi connectivity index (χ0v) is 13.0. The minimum Gasteiger partial charge on any atom is -0.508 e. The fraction of sp³-hybridized carbons (Fsp3) is 0.333. The molecule has 0 spiro atoms. The van der Waals surface area contributed by atoms with Crippen LogP contribution in [-0.4, -0.2) is 18.8 Å². The molecule has 0 aromatic heterocycles. The van der Waals surface area contributed by atoms with Crippen LogP contribution < -0.4 is 9.47 Å². The molecular formula is C18H20F2O3. The van der Waals surface area contributed by atoms with Crippen molar-refractivity contribution in [3.8, 4) is 17.2 Å². The van der Waals surface area contributed by atoms with Crippen molar-refractivity contribution in [2.75, 3.05) is 13.7 Å². The molecule has 124 valence electrons. The first-order valence-corrected chi connectivity index (χ1v) is 7.47. The third-order valence-electron chi connectivity index (χ3n) is 3.81. The third-order valence-corrected chi connectivity index (χ3v) is 3.81. The number of ether oxygens (including phenoxy) is 2. The lowest BCUT2D eigenvalue weighted by Gasteiger charge is -2.17. The van der Waals surface area contributed by atoms with Crippen molar-refractivity contribution >= 4 is 0 Å². The third kappa shape index (κ3) is 4.58. The van der Waals surface area contributed by atoms with Gasteiger partial charge in [-0.1, -0.05) is 25.1 Å². The van der Waals surface area contributed by atoms with Crippen molar-refractivity contribution < 1.29 is 23.4 Å². The average Bonchev–Trinajstić information content (AvgIpc) is 2.56. The Balaban J connectivity index is 2.12. The van der Waals surface area contributed by atoms with Crippen molar-refractivity contribution in [2.45, 2.75) is 25.7 Å². The Bertz CT molecular complexity index is 614. The second-order valence-electron chi connectivity index (χ2n) is 5.18. The molecule has 1 unspecified atom stereocenters. The Labute approximate surface area is 134 Å². The Morgan fingerprint density at radius 2 is 1.57 bits per heavy atom. The van der Waals surface area contributed by atoms with Crippen LogP contribution in [0.2, 0.25) is 0 Å². The van der Waals surface area contributed by atoms with Crippen molar-refractivity contribution in [3.05, 3.63) is 53.6 Å². The largest absolute Gasteiger partial charge is 0.508 e. The van der Waals surface area contributed by atoms with Gasteiger partial charge < -0.3 is 14.6 Å². The highest BCUT2D eigenvalue weighted by atomic mass is 19.1. The number of hydrogen-bond donors (Lipinski definition) is 1. The fourth-order valence-electron chi connectivity index (χ4n) is 2.53. The second-order valence-corrected chi connectivity index (χ2v) is 5.18. The van der Waals surface area contributed by atoms with Crippen molar-refractivity contribution in [1.29, 1.82) is 0 Å². The summed E-state index contributed by atoms with van der Waals surface area (Å²) in [5.74, 6) is 1.08. The maximum Gasteiger partial charge on any atom is 0.228 e. The van der Waals surface area contributed by atoms with Gasteiger partial charge in [0.1, 0.15) is 17.2 Å². The molecule has 0 radical (unpaired) electrons. The van der Waals surface area contributed by atoms with Gasteiger partial charge in [0.25, 0.3) is 0 Å². The Kier molecular flexibility index (Phi) is 6.20. The summed E-state index contributed by atoms with van der Waals surface area (Å²) in [5.41, 5.74) is 1.86. The monoisotopic (exact) mass is 322 g/mol. The Morgan fingerprint density at radius 1 is 0.957 bits per heavy atom. The molecule has 0 aliphatic carbocycles. The molecular weight excluding hydrogens is 302 g/mol. The van der Waals surface area contributed by atoms with Gasteiger partial charge in [-0.25, -0.2) is 8.78 Å². The van der Waals surface area contributed by atoms with Gasteiger partial charge in [-0.05, 0) is 48.1 Å². The van der Waals surface area contributed by atoms with Crippen LogP contribution in [-0.2, 0) is 6.42 Å². The molecule has 0 aliphatic rings. The van der Waals surface area contributed by atoms with Crippen LogP contribution in [0.5, 0.6) is 17.2 Å². The highest BCUT2D eigenvalue weighted by Gasteiger charge is 2.13. The number of phenolic OH excluding ortho intramolecular Hbond substituents is 1. The number of benzene rings is 2. The smallest absolute Gasteiger partial charge is 0.228 e. The second kappa shape index (κ2) is 8.36. The number of aromatic hydroxyl groups is 1. The lowest BCUT2D eigenvalue weighted by molar-refractivity contribution is 0.191. The van der Waals surface area contributed by atoms with Crippen LogP contribution in [0.4, 0.5) is 8.78 Å². The molecule has 0 saturated heterocycles. The van der Waals surface area contributed by atoms with Crippen LogP contribution in [0, 0.1) is 0 Å². The zero-order valence-electron chi connectivity index (χ0n) is 13.0. The lowest BCUT2D eigenvalue weighted by atomic mass is 9.89. The molecule has 23 heavy (non-hydrogen) atoms. The molecule has 0 fully saturated rings. The van der Waals surface area contributed by atoms with Gasteiger partial charge >= 0.3 is 0 Å². The molecule has 0 bridgehead atoms. The molecule has 1 N–H and O–H groups in total. The van der Waals surface area contributed by atoms with Gasteiger partial charge in [-0.3, -0.25) is 0 Å². The normalized spacial score (nSPS) is 12.0. The number of hydrogen-bond acceptors (Lipinski definition) is 3. The van der Waals surface area contributed by atoms with Gasteiger partial charge in [0.2, 0.25) is 13.7 Å². The maximum absolute atomic E-state index is 12.1. The van der Waals surface area contributed by atoms with E-state index in [1.54, 1.807) is 24.3 Å². The molecule has 0 amide bonds. The number of halogens is 2. The number of phenols is 1. The average molecular weight is 322 g/mol. The molecule has 2 aromatic rings. The molecule has 0 heterocycles. The first-order chi connectivity index (χ1) is 11.2. The summed E-state index contributed by atoms with van der Waals surface area (Å²) in [6.45, 7) is 0.287. The van der Waals surface area contributed by atoms with Crippen LogP contribution >= 0.6 is 0 Å². The zero-order chi connectivity index (χ0) is 16.7. The molecule has 0 aliphatic heterocycles. The van der Waals surface area contributed by atoms with E-state index in [-0.39, 0.29) is 11.7 Å². The van der Waals surface area contributed by atoms with E-state index in [0.29, 0.717) is 17.9 Å². The van der Waals surface area contributed by atoms with E-state index in [9.17, 15) is 13.9 Å². The summed E-state index contributed by atoms with van der Waals surface area (Å²) in [7, 11) is 0. The van der Waals surface area contributed by atoms with E-state index in [1.807, 2.05) is 12.1 Å². The summed E-state index contributed by atoms with van der Waals surface area (Å²) in [6.07, 6.45) is 1.52. The van der Waals surface area contributed by atoms with Gasteiger partial charge in [0, 0.05) is 6.07 Å². The summed E-state index contributed by atoms with van der Waals surface area (Å²) in [6, 6.07) is 12.1. The quantitative estimate of drug-likeness (QED) is 0.763. The molecule has 1 atom stereocenters. The van der Waals surface area contributed by atoms with Gasteiger partial charge in [0.05, 0.1) is 0 Å². The first kappa shape index (κ1) is 17.1. The first-order valence-electron chi connectivity index (χ1n) is 7.47. The predicted molar refractivity (Wildman–Crippen MR) is 84.5 cm³/mol. The Morgan fingerprint density at radius 3 is 2.13 bits per heavy atom. The summed E-state index contributed by atoms with van der Waals surface area (Å²) >= 11 is 0. The van der Waals surface area contributed by atoms with Crippen LogP contribution in [0.3, 0.4) is 0 Å². The molecule has 2 rings (SSSR count). The van der Waals surface area contributed by atoms with Crippen molar-refractivity contribution in [1.82, 2.24) is 0 Å². The Hall–Kier alpha value is -2.30. The van der Waals surface area contributed by atoms with E-state index < -0.39 is 13.7 Å². The van der Waals surface area contributed by atoms with E-state index in [1.165, 1.54) is 6.07 Å². The van der Waals surface area contributed by atoms with Gasteiger partial charge in [-0.2, -0.15) is 0 Å². The summed E-state index contributed by atoms with van der Waals surface area (Å²) in [4.78, 5) is 0. The molecule has 2 aromatic carbocycles.